The minimum atomic E-state index is 0.682. The molecule has 1 aliphatic rings. The molecule has 2 heteroatoms. The lowest BCUT2D eigenvalue weighted by molar-refractivity contribution is 0.160. The van der Waals surface area contributed by atoms with Crippen LogP contribution in [-0.2, 0) is 0 Å². The van der Waals surface area contributed by atoms with Crippen molar-refractivity contribution in [2.24, 2.45) is 0 Å². The van der Waals surface area contributed by atoms with Gasteiger partial charge < -0.3 is 10.2 Å². The van der Waals surface area contributed by atoms with Crippen LogP contribution >= 0.6 is 0 Å². The van der Waals surface area contributed by atoms with E-state index in [0.717, 1.165) is 12.1 Å². The van der Waals surface area contributed by atoms with Crippen LogP contribution in [0.3, 0.4) is 0 Å². The summed E-state index contributed by atoms with van der Waals surface area (Å²) in [5, 5.41) is 3.73. The van der Waals surface area contributed by atoms with Crippen molar-refractivity contribution >= 4 is 0 Å². The van der Waals surface area contributed by atoms with E-state index in [4.69, 9.17) is 0 Å². The molecule has 0 saturated carbocycles. The van der Waals surface area contributed by atoms with Crippen LogP contribution in [0.5, 0.6) is 0 Å². The number of nitrogens with one attached hydrogen (secondary N) is 1. The van der Waals surface area contributed by atoms with Gasteiger partial charge in [-0.3, -0.25) is 0 Å². The molecule has 0 bridgehead atoms. The second kappa shape index (κ2) is 7.29. The molecule has 3 atom stereocenters. The molecule has 1 saturated heterocycles. The maximum Gasteiger partial charge on any atom is 0.00790 e. The van der Waals surface area contributed by atoms with Gasteiger partial charge in [-0.15, -0.1) is 0 Å². The molecule has 0 aromatic carbocycles. The smallest absolute Gasteiger partial charge is 0.00790 e. The molecule has 1 fully saturated rings. The van der Waals surface area contributed by atoms with Crippen molar-refractivity contribution in [2.75, 3.05) is 13.1 Å². The van der Waals surface area contributed by atoms with Crippen LogP contribution in [0.2, 0.25) is 0 Å². The molecule has 0 aromatic rings. The van der Waals surface area contributed by atoms with Gasteiger partial charge >= 0.3 is 0 Å². The Morgan fingerprint density at radius 1 is 1.25 bits per heavy atom. The predicted molar refractivity (Wildman–Crippen MR) is 71.9 cm³/mol. The lowest BCUT2D eigenvalue weighted by atomic mass is 10.0. The van der Waals surface area contributed by atoms with E-state index in [1.165, 1.54) is 45.2 Å². The summed E-state index contributed by atoms with van der Waals surface area (Å²) in [5.74, 6) is 0. The molecule has 1 rings (SSSR count). The molecule has 1 heterocycles. The summed E-state index contributed by atoms with van der Waals surface area (Å²) < 4.78 is 0. The zero-order chi connectivity index (χ0) is 12.0. The maximum atomic E-state index is 3.73. The van der Waals surface area contributed by atoms with Gasteiger partial charge in [0.05, 0.1) is 0 Å². The van der Waals surface area contributed by atoms with Gasteiger partial charge in [-0.2, -0.15) is 0 Å². The van der Waals surface area contributed by atoms with Gasteiger partial charge in [0.15, 0.2) is 0 Å². The summed E-state index contributed by atoms with van der Waals surface area (Å²) in [6.45, 7) is 11.9. The van der Waals surface area contributed by atoms with Crippen LogP contribution < -0.4 is 5.32 Å². The van der Waals surface area contributed by atoms with Gasteiger partial charge in [0.25, 0.3) is 0 Å². The van der Waals surface area contributed by atoms with E-state index in [0.29, 0.717) is 6.04 Å². The van der Waals surface area contributed by atoms with E-state index in [1.807, 2.05) is 0 Å². The fraction of sp³-hybridized carbons (Fsp3) is 1.00. The van der Waals surface area contributed by atoms with E-state index in [1.54, 1.807) is 0 Å². The minimum Gasteiger partial charge on any atom is -0.311 e. The molecule has 0 amide bonds. The second-order valence-corrected chi connectivity index (χ2v) is 5.42. The Morgan fingerprint density at radius 3 is 2.56 bits per heavy atom. The van der Waals surface area contributed by atoms with Crippen LogP contribution in [0.4, 0.5) is 0 Å². The zero-order valence-electron chi connectivity index (χ0n) is 11.6. The Bertz CT molecular complexity index is 182. The molecule has 2 nitrogen and oxygen atoms in total. The lowest BCUT2D eigenvalue weighted by Gasteiger charge is -2.35. The standard InChI is InChI=1S/C14H30N2/c1-5-7-13(4)16-10-8-12(3)15-14(6-2)9-11-16/h12-15H,5-11H2,1-4H3. The van der Waals surface area contributed by atoms with Crippen molar-refractivity contribution in [1.82, 2.24) is 10.2 Å². The number of hydrogen-bond acceptors (Lipinski definition) is 2. The highest BCUT2D eigenvalue weighted by atomic mass is 15.2. The predicted octanol–water partition coefficient (Wildman–Crippen LogP) is 3.03. The molecular weight excluding hydrogens is 196 g/mol. The topological polar surface area (TPSA) is 15.3 Å². The third kappa shape index (κ3) is 4.42. The van der Waals surface area contributed by atoms with E-state index in [9.17, 15) is 0 Å². The Balaban J connectivity index is 2.46. The quantitative estimate of drug-likeness (QED) is 0.792. The van der Waals surface area contributed by atoms with Crippen molar-refractivity contribution < 1.29 is 0 Å². The molecule has 0 spiro atoms. The summed E-state index contributed by atoms with van der Waals surface area (Å²) in [5.41, 5.74) is 0. The van der Waals surface area contributed by atoms with Gasteiger partial charge in [0, 0.05) is 18.1 Å². The van der Waals surface area contributed by atoms with Crippen LogP contribution in [-0.4, -0.2) is 36.1 Å². The van der Waals surface area contributed by atoms with Crippen LogP contribution in [0.15, 0.2) is 0 Å². The maximum absolute atomic E-state index is 3.73. The highest BCUT2D eigenvalue weighted by molar-refractivity contribution is 4.79. The monoisotopic (exact) mass is 226 g/mol. The van der Waals surface area contributed by atoms with Crippen molar-refractivity contribution in [3.8, 4) is 0 Å². The van der Waals surface area contributed by atoms with Crippen LogP contribution in [0, 0.1) is 0 Å². The van der Waals surface area contributed by atoms with E-state index >= 15 is 0 Å². The SMILES string of the molecule is CCCC(C)N1CCC(C)NC(CC)CC1. The third-order valence-corrected chi connectivity index (χ3v) is 3.96. The fourth-order valence-electron chi connectivity index (χ4n) is 2.73. The number of hydrogen-bond donors (Lipinski definition) is 1. The van der Waals surface area contributed by atoms with E-state index in [-0.39, 0.29) is 0 Å². The number of rotatable bonds is 4. The first-order valence-corrected chi connectivity index (χ1v) is 7.17. The summed E-state index contributed by atoms with van der Waals surface area (Å²) in [7, 11) is 0. The van der Waals surface area contributed by atoms with Crippen LogP contribution in [0.1, 0.15) is 59.8 Å². The summed E-state index contributed by atoms with van der Waals surface area (Å²) in [6, 6.07) is 2.18. The van der Waals surface area contributed by atoms with Gasteiger partial charge in [-0.1, -0.05) is 20.3 Å². The molecule has 16 heavy (non-hydrogen) atoms. The molecule has 0 aromatic heterocycles. The summed E-state index contributed by atoms with van der Waals surface area (Å²) in [4.78, 5) is 2.70. The first kappa shape index (κ1) is 14.0. The molecule has 0 aliphatic carbocycles. The minimum absolute atomic E-state index is 0.682. The Labute approximate surface area is 102 Å². The normalized spacial score (nSPS) is 30.8. The zero-order valence-corrected chi connectivity index (χ0v) is 11.6. The molecule has 96 valence electrons. The Hall–Kier alpha value is -0.0800. The van der Waals surface area contributed by atoms with E-state index in [2.05, 4.69) is 37.9 Å². The van der Waals surface area contributed by atoms with Crippen molar-refractivity contribution in [1.29, 1.82) is 0 Å². The highest BCUT2D eigenvalue weighted by Gasteiger charge is 2.20. The van der Waals surface area contributed by atoms with Crippen molar-refractivity contribution in [3.05, 3.63) is 0 Å². The third-order valence-electron chi connectivity index (χ3n) is 3.96. The highest BCUT2D eigenvalue weighted by Crippen LogP contribution is 2.14. The fourth-order valence-corrected chi connectivity index (χ4v) is 2.73. The van der Waals surface area contributed by atoms with Crippen molar-refractivity contribution in [3.63, 3.8) is 0 Å². The van der Waals surface area contributed by atoms with Gasteiger partial charge in [-0.25, -0.2) is 0 Å². The molecule has 1 N–H and O–H groups in total. The molecule has 1 aliphatic heterocycles. The molecular formula is C14H30N2. The average Bonchev–Trinajstić information content (AvgIpc) is 2.24. The first-order valence-electron chi connectivity index (χ1n) is 7.17. The van der Waals surface area contributed by atoms with E-state index < -0.39 is 0 Å². The molecule has 0 radical (unpaired) electrons. The summed E-state index contributed by atoms with van der Waals surface area (Å²) in [6.07, 6.45) is 6.53. The van der Waals surface area contributed by atoms with Gasteiger partial charge in [0.1, 0.15) is 0 Å². The van der Waals surface area contributed by atoms with Gasteiger partial charge in [0.2, 0.25) is 0 Å². The molecule has 3 unspecified atom stereocenters. The van der Waals surface area contributed by atoms with Crippen LogP contribution in [0.25, 0.3) is 0 Å². The Kier molecular flexibility index (Phi) is 6.37. The largest absolute Gasteiger partial charge is 0.311 e. The van der Waals surface area contributed by atoms with Gasteiger partial charge in [-0.05, 0) is 52.6 Å². The average molecular weight is 226 g/mol. The Morgan fingerprint density at radius 2 is 1.94 bits per heavy atom. The lowest BCUT2D eigenvalue weighted by Crippen LogP contribution is -2.46. The second-order valence-electron chi connectivity index (χ2n) is 5.42. The first-order chi connectivity index (χ1) is 7.67. The van der Waals surface area contributed by atoms with Crippen molar-refractivity contribution in [2.45, 2.75) is 77.9 Å². The summed E-state index contributed by atoms with van der Waals surface area (Å²) >= 11 is 0. The number of nitrogens with zero attached hydrogens (tertiary/aromatic N) is 1.